The van der Waals surface area contributed by atoms with Crippen molar-refractivity contribution in [1.29, 1.82) is 0 Å². The molecule has 0 atom stereocenters. The summed E-state index contributed by atoms with van der Waals surface area (Å²) in [6.45, 7) is 13.9. The Balaban J connectivity index is 0.000000338. The van der Waals surface area contributed by atoms with Gasteiger partial charge in [0, 0.05) is 0 Å². The minimum Gasteiger partial charge on any atom is -0.214 e. The van der Waals surface area contributed by atoms with Gasteiger partial charge in [-0.2, -0.15) is 18.2 Å². The zero-order valence-electron chi connectivity index (χ0n) is 29.5. The van der Waals surface area contributed by atoms with Gasteiger partial charge in [0.1, 0.15) is 0 Å². The maximum atomic E-state index is 3.88. The third-order valence-corrected chi connectivity index (χ3v) is 9.06. The van der Waals surface area contributed by atoms with E-state index < -0.39 is 0 Å². The summed E-state index contributed by atoms with van der Waals surface area (Å²) < 4.78 is 2.25. The van der Waals surface area contributed by atoms with E-state index in [2.05, 4.69) is 154 Å². The van der Waals surface area contributed by atoms with Gasteiger partial charge in [0.25, 0.3) is 0 Å². The molecule has 0 bridgehead atoms. The molecule has 1 aliphatic rings. The number of halogens is 2. The first kappa shape index (κ1) is 40.2. The van der Waals surface area contributed by atoms with E-state index in [0.717, 1.165) is 12.8 Å². The molecular formula is C46H46Cl2Zr-2. The van der Waals surface area contributed by atoms with Gasteiger partial charge in [0.15, 0.2) is 0 Å². The first-order valence-electron chi connectivity index (χ1n) is 16.6. The standard InChI is InChI=1S/C33H33.C8H8.C5H5.2ClH.Zr/c1-32(2,3)30-20-26-24(18-28(30)22-13-9-7-10-14-22)17-25-19-29(23-15-11-8-12-16-23)31(21-27(25)26)33(4,5)6;1-2-8-6-4-3-5-7-8;1-2-4-5-3-1;;;/h7-16,18,20-21H,17H2,1-6H3;1,3-7H,2H2;1-5H;2*1H;/q-1;;-1;;;+2/p-2. The monoisotopic (exact) mass is 758 g/mol. The molecule has 0 spiro atoms. The normalized spacial score (nSPS) is 11.3. The third kappa shape index (κ3) is 10.4. The molecule has 3 heteroatoms. The quantitative estimate of drug-likeness (QED) is 0.194. The second-order valence-electron chi connectivity index (χ2n) is 14.3. The molecule has 1 aliphatic carbocycles. The van der Waals surface area contributed by atoms with Crippen LogP contribution in [-0.2, 0) is 47.9 Å². The summed E-state index contributed by atoms with van der Waals surface area (Å²) in [5.41, 5.74) is 14.9. The van der Waals surface area contributed by atoms with Gasteiger partial charge in [-0.15, -0.1) is 28.8 Å². The van der Waals surface area contributed by atoms with E-state index in [1.165, 1.54) is 85.4 Å². The molecule has 0 nitrogen and oxygen atoms in total. The Kier molecular flexibility index (Phi) is 14.9. The molecule has 0 N–H and O–H groups in total. The van der Waals surface area contributed by atoms with Gasteiger partial charge in [0.2, 0.25) is 0 Å². The number of hydrogen-bond acceptors (Lipinski definition) is 0. The van der Waals surface area contributed by atoms with E-state index in [1.807, 2.05) is 36.4 Å². The molecule has 0 aromatic heterocycles. The fourth-order valence-electron chi connectivity index (χ4n) is 6.15. The van der Waals surface area contributed by atoms with Crippen molar-refractivity contribution in [2.75, 3.05) is 0 Å². The maximum absolute atomic E-state index is 3.88. The van der Waals surface area contributed by atoms with Crippen molar-refractivity contribution < 1.29 is 49.0 Å². The number of rotatable bonds is 4. The van der Waals surface area contributed by atoms with Gasteiger partial charge in [0.05, 0.1) is 0 Å². The number of fused-ring (bicyclic) bond motifs is 3. The Morgan fingerprint density at radius 1 is 0.612 bits per heavy atom. The fourth-order valence-corrected chi connectivity index (χ4v) is 6.73. The molecule has 6 aromatic carbocycles. The zero-order valence-corrected chi connectivity index (χ0v) is 33.5. The average molecular weight is 761 g/mol. The van der Waals surface area contributed by atoms with Gasteiger partial charge in [-0.05, 0) is 39.5 Å². The predicted octanol–water partition coefficient (Wildman–Crippen LogP) is 5.98. The molecule has 0 radical (unpaired) electrons. The Bertz CT molecular complexity index is 1760. The summed E-state index contributed by atoms with van der Waals surface area (Å²) in [4.78, 5) is 0. The van der Waals surface area contributed by atoms with Crippen LogP contribution < -0.4 is 24.8 Å². The molecule has 6 aromatic rings. The topological polar surface area (TPSA) is 0 Å². The van der Waals surface area contributed by atoms with Crippen molar-refractivity contribution >= 4 is 3.71 Å². The SMILES string of the molecule is CC(C)(C)c1cc2c([c-]c1-c1ccccc1)Cc1cc(-c3ccccc3)c(C(C)(C)C)cc1-2.[Cl-].[Cl-].[Zr+2]=[CH]Cc1ccccc1.c1cc[cH-]c1. The van der Waals surface area contributed by atoms with Crippen molar-refractivity contribution in [2.24, 2.45) is 0 Å². The first-order chi connectivity index (χ1) is 22.6. The molecule has 0 fully saturated rings. The summed E-state index contributed by atoms with van der Waals surface area (Å²) in [5.74, 6) is 0. The maximum Gasteiger partial charge on any atom is -0.172 e. The molecule has 7 rings (SSSR count). The van der Waals surface area contributed by atoms with Crippen LogP contribution in [0.15, 0.2) is 140 Å². The molecule has 0 saturated carbocycles. The number of benzene rings is 5. The third-order valence-electron chi connectivity index (χ3n) is 8.56. The summed E-state index contributed by atoms with van der Waals surface area (Å²) in [6, 6.07) is 53.3. The minimum absolute atomic E-state index is 0. The molecule has 0 saturated heterocycles. The molecule has 0 heterocycles. The van der Waals surface area contributed by atoms with E-state index >= 15 is 0 Å². The van der Waals surface area contributed by atoms with Crippen molar-refractivity contribution in [1.82, 2.24) is 0 Å². The zero-order chi connectivity index (χ0) is 33.4. The smallest absolute Gasteiger partial charge is 0.172 e. The van der Waals surface area contributed by atoms with E-state index in [-0.39, 0.29) is 35.6 Å². The van der Waals surface area contributed by atoms with E-state index in [9.17, 15) is 0 Å². The summed E-state index contributed by atoms with van der Waals surface area (Å²) in [5, 5.41) is 0. The predicted molar refractivity (Wildman–Crippen MR) is 200 cm³/mol. The van der Waals surface area contributed by atoms with Crippen LogP contribution in [0.2, 0.25) is 0 Å². The Hall–Kier alpha value is -3.22. The second-order valence-corrected chi connectivity index (χ2v) is 15.3. The van der Waals surface area contributed by atoms with Gasteiger partial charge < -0.3 is 24.8 Å². The van der Waals surface area contributed by atoms with Crippen LogP contribution in [0.25, 0.3) is 33.4 Å². The Morgan fingerprint density at radius 2 is 1.12 bits per heavy atom. The Labute approximate surface area is 322 Å². The van der Waals surface area contributed by atoms with Crippen LogP contribution in [0.3, 0.4) is 0 Å². The van der Waals surface area contributed by atoms with Crippen molar-refractivity contribution in [3.05, 3.63) is 173 Å². The van der Waals surface area contributed by atoms with E-state index in [4.69, 9.17) is 0 Å². The van der Waals surface area contributed by atoms with Crippen molar-refractivity contribution in [2.45, 2.75) is 65.2 Å². The summed E-state index contributed by atoms with van der Waals surface area (Å²) in [7, 11) is 0. The number of hydrogen-bond donors (Lipinski definition) is 0. The van der Waals surface area contributed by atoms with E-state index in [0.29, 0.717) is 0 Å². The van der Waals surface area contributed by atoms with Crippen LogP contribution in [0, 0.1) is 6.07 Å². The van der Waals surface area contributed by atoms with Crippen LogP contribution in [0.4, 0.5) is 0 Å². The summed E-state index contributed by atoms with van der Waals surface area (Å²) >= 11 is 1.51. The van der Waals surface area contributed by atoms with Crippen molar-refractivity contribution in [3.8, 4) is 33.4 Å². The van der Waals surface area contributed by atoms with Crippen LogP contribution in [0.1, 0.15) is 69.4 Å². The molecular weight excluding hydrogens is 715 g/mol. The van der Waals surface area contributed by atoms with Gasteiger partial charge in [-0.1, -0.05) is 131 Å². The molecule has 49 heavy (non-hydrogen) atoms. The molecule has 250 valence electrons. The summed E-state index contributed by atoms with van der Waals surface area (Å²) in [6.07, 6.45) is 2.07. The van der Waals surface area contributed by atoms with Crippen LogP contribution in [0.5, 0.6) is 0 Å². The molecule has 0 aliphatic heterocycles. The van der Waals surface area contributed by atoms with Crippen LogP contribution in [-0.4, -0.2) is 3.71 Å². The van der Waals surface area contributed by atoms with Gasteiger partial charge in [-0.25, -0.2) is 12.1 Å². The largest absolute Gasteiger partial charge is 0.214 e. The average Bonchev–Trinajstić information content (AvgIpc) is 3.76. The van der Waals surface area contributed by atoms with Gasteiger partial charge >= 0.3 is 70.3 Å². The first-order valence-corrected chi connectivity index (χ1v) is 18.1. The van der Waals surface area contributed by atoms with E-state index in [1.54, 1.807) is 0 Å². The molecule has 0 amide bonds. The Morgan fingerprint density at radius 3 is 1.61 bits per heavy atom. The minimum atomic E-state index is 0. The fraction of sp³-hybridized carbons (Fsp3) is 0.217. The van der Waals surface area contributed by atoms with Gasteiger partial charge in [-0.3, -0.25) is 0 Å². The second kappa shape index (κ2) is 18.1. The van der Waals surface area contributed by atoms with Crippen molar-refractivity contribution in [3.63, 3.8) is 0 Å². The molecule has 0 unspecified atom stereocenters. The van der Waals surface area contributed by atoms with Crippen LogP contribution >= 0.6 is 0 Å².